The standard InChI is InChI=1S/C9H9N2O2/c1-12-7-4-3-6-8(9(7)13-2)11-5-10-6/h3-4H,1-2H3,(H,10,11). The summed E-state index contributed by atoms with van der Waals surface area (Å²) in [6.07, 6.45) is 2.65. The maximum atomic E-state index is 5.18. The second-order valence-electron chi connectivity index (χ2n) is 2.55. The second-order valence-corrected chi connectivity index (χ2v) is 2.55. The SMILES string of the molecule is COc1ccc2[nH][c]nc2c1OC. The number of hydrogen-bond acceptors (Lipinski definition) is 3. The molecule has 0 aliphatic carbocycles. The van der Waals surface area contributed by atoms with Crippen molar-refractivity contribution >= 4 is 11.0 Å². The van der Waals surface area contributed by atoms with Gasteiger partial charge in [0, 0.05) is 0 Å². The van der Waals surface area contributed by atoms with Crippen LogP contribution in [0.2, 0.25) is 0 Å². The summed E-state index contributed by atoms with van der Waals surface area (Å²) in [5, 5.41) is 0. The van der Waals surface area contributed by atoms with Crippen molar-refractivity contribution in [1.82, 2.24) is 9.97 Å². The first kappa shape index (κ1) is 7.91. The van der Waals surface area contributed by atoms with Crippen LogP contribution in [0.25, 0.3) is 11.0 Å². The monoisotopic (exact) mass is 177 g/mol. The fraction of sp³-hybridized carbons (Fsp3) is 0.222. The highest BCUT2D eigenvalue weighted by Crippen LogP contribution is 2.32. The molecule has 0 atom stereocenters. The number of ether oxygens (including phenoxy) is 2. The maximum Gasteiger partial charge on any atom is 0.188 e. The van der Waals surface area contributed by atoms with E-state index in [9.17, 15) is 0 Å². The van der Waals surface area contributed by atoms with Gasteiger partial charge in [-0.1, -0.05) is 0 Å². The Balaban J connectivity index is 2.74. The van der Waals surface area contributed by atoms with Crippen molar-refractivity contribution in [3.05, 3.63) is 18.5 Å². The van der Waals surface area contributed by atoms with Crippen molar-refractivity contribution in [3.8, 4) is 11.5 Å². The first-order chi connectivity index (χ1) is 6.36. The van der Waals surface area contributed by atoms with Crippen molar-refractivity contribution in [2.24, 2.45) is 0 Å². The summed E-state index contributed by atoms with van der Waals surface area (Å²) >= 11 is 0. The predicted molar refractivity (Wildman–Crippen MR) is 48.0 cm³/mol. The number of rotatable bonds is 2. The van der Waals surface area contributed by atoms with E-state index in [0.717, 1.165) is 11.0 Å². The molecule has 1 radical (unpaired) electrons. The van der Waals surface area contributed by atoms with Crippen LogP contribution in [0.4, 0.5) is 0 Å². The van der Waals surface area contributed by atoms with Crippen LogP contribution >= 0.6 is 0 Å². The van der Waals surface area contributed by atoms with Gasteiger partial charge in [-0.05, 0) is 12.1 Å². The summed E-state index contributed by atoms with van der Waals surface area (Å²) in [5.74, 6) is 1.31. The number of H-pyrrole nitrogens is 1. The topological polar surface area (TPSA) is 47.1 Å². The van der Waals surface area contributed by atoms with E-state index in [2.05, 4.69) is 16.3 Å². The van der Waals surface area contributed by atoms with Crippen molar-refractivity contribution in [2.75, 3.05) is 14.2 Å². The first-order valence-corrected chi connectivity index (χ1v) is 3.83. The number of imidazole rings is 1. The third-order valence-electron chi connectivity index (χ3n) is 1.88. The minimum atomic E-state index is 0.637. The average Bonchev–Trinajstić information content (AvgIpc) is 2.63. The summed E-state index contributed by atoms with van der Waals surface area (Å²) < 4.78 is 10.3. The first-order valence-electron chi connectivity index (χ1n) is 3.83. The van der Waals surface area contributed by atoms with E-state index < -0.39 is 0 Å². The molecule has 1 N–H and O–H groups in total. The quantitative estimate of drug-likeness (QED) is 0.753. The fourth-order valence-electron chi connectivity index (χ4n) is 1.27. The van der Waals surface area contributed by atoms with Crippen LogP contribution in [-0.4, -0.2) is 24.2 Å². The van der Waals surface area contributed by atoms with Crippen molar-refractivity contribution in [3.63, 3.8) is 0 Å². The maximum absolute atomic E-state index is 5.18. The van der Waals surface area contributed by atoms with Gasteiger partial charge in [0.2, 0.25) is 0 Å². The van der Waals surface area contributed by atoms with Gasteiger partial charge in [-0.2, -0.15) is 0 Å². The molecule has 0 fully saturated rings. The van der Waals surface area contributed by atoms with Gasteiger partial charge in [0.1, 0.15) is 5.52 Å². The highest BCUT2D eigenvalue weighted by Gasteiger charge is 2.09. The van der Waals surface area contributed by atoms with Crippen LogP contribution < -0.4 is 9.47 Å². The van der Waals surface area contributed by atoms with Gasteiger partial charge in [-0.25, -0.2) is 4.98 Å². The molecule has 1 aromatic carbocycles. The lowest BCUT2D eigenvalue weighted by Crippen LogP contribution is -1.90. The Morgan fingerprint density at radius 3 is 2.85 bits per heavy atom. The summed E-state index contributed by atoms with van der Waals surface area (Å²) in [6.45, 7) is 0. The Hall–Kier alpha value is -1.71. The molecule has 4 nitrogen and oxygen atoms in total. The normalized spacial score (nSPS) is 10.3. The summed E-state index contributed by atoms with van der Waals surface area (Å²) in [7, 11) is 3.19. The number of nitrogens with one attached hydrogen (secondary N) is 1. The highest BCUT2D eigenvalue weighted by atomic mass is 16.5. The molecule has 4 heteroatoms. The van der Waals surface area contributed by atoms with Crippen LogP contribution in [0.15, 0.2) is 12.1 Å². The van der Waals surface area contributed by atoms with Crippen LogP contribution in [-0.2, 0) is 0 Å². The zero-order valence-electron chi connectivity index (χ0n) is 7.42. The minimum absolute atomic E-state index is 0.637. The highest BCUT2D eigenvalue weighted by molar-refractivity contribution is 5.84. The third-order valence-corrected chi connectivity index (χ3v) is 1.88. The van der Waals surface area contributed by atoms with Crippen LogP contribution in [0.1, 0.15) is 0 Å². The summed E-state index contributed by atoms with van der Waals surface area (Å²) in [6, 6.07) is 3.70. The van der Waals surface area contributed by atoms with Crippen LogP contribution in [0, 0.1) is 6.33 Å². The van der Waals surface area contributed by atoms with Crippen molar-refractivity contribution in [1.29, 1.82) is 0 Å². The largest absolute Gasteiger partial charge is 0.493 e. The number of aromatic amines is 1. The lowest BCUT2D eigenvalue weighted by Gasteiger charge is -2.06. The van der Waals surface area contributed by atoms with E-state index in [4.69, 9.17) is 9.47 Å². The molecule has 0 bridgehead atoms. The van der Waals surface area contributed by atoms with E-state index in [-0.39, 0.29) is 0 Å². The predicted octanol–water partition coefficient (Wildman–Crippen LogP) is 1.38. The average molecular weight is 177 g/mol. The number of nitrogens with zero attached hydrogens (tertiary/aromatic N) is 1. The molecule has 2 aromatic rings. The Bertz CT molecular complexity index is 422. The molecule has 2 rings (SSSR count). The fourth-order valence-corrected chi connectivity index (χ4v) is 1.27. The summed E-state index contributed by atoms with van der Waals surface area (Å²) in [5.41, 5.74) is 1.62. The minimum Gasteiger partial charge on any atom is -0.493 e. The Labute approximate surface area is 75.5 Å². The lowest BCUT2D eigenvalue weighted by molar-refractivity contribution is 0.358. The van der Waals surface area contributed by atoms with Gasteiger partial charge >= 0.3 is 0 Å². The smallest absolute Gasteiger partial charge is 0.188 e. The van der Waals surface area contributed by atoms with E-state index in [1.807, 2.05) is 12.1 Å². The van der Waals surface area contributed by atoms with Gasteiger partial charge in [-0.15, -0.1) is 0 Å². The Morgan fingerprint density at radius 2 is 2.15 bits per heavy atom. The van der Waals surface area contributed by atoms with Crippen LogP contribution in [0.5, 0.6) is 11.5 Å². The van der Waals surface area contributed by atoms with Gasteiger partial charge in [0.05, 0.1) is 19.7 Å². The third kappa shape index (κ3) is 1.11. The molecular formula is C9H9N2O2. The summed E-state index contributed by atoms with van der Waals surface area (Å²) in [4.78, 5) is 6.89. The Morgan fingerprint density at radius 1 is 1.31 bits per heavy atom. The molecule has 1 heterocycles. The number of hydrogen-bond donors (Lipinski definition) is 1. The number of fused-ring (bicyclic) bond motifs is 1. The van der Waals surface area contributed by atoms with E-state index >= 15 is 0 Å². The van der Waals surface area contributed by atoms with E-state index in [1.54, 1.807) is 14.2 Å². The molecule has 0 amide bonds. The molecular weight excluding hydrogens is 168 g/mol. The number of aromatic nitrogens is 2. The van der Waals surface area contributed by atoms with Gasteiger partial charge < -0.3 is 14.5 Å². The second kappa shape index (κ2) is 2.97. The molecule has 13 heavy (non-hydrogen) atoms. The lowest BCUT2D eigenvalue weighted by atomic mass is 10.2. The van der Waals surface area contributed by atoms with Gasteiger partial charge in [-0.3, -0.25) is 0 Å². The molecule has 0 saturated heterocycles. The molecule has 1 aromatic heterocycles. The number of benzene rings is 1. The van der Waals surface area contributed by atoms with Gasteiger partial charge in [0.15, 0.2) is 17.8 Å². The van der Waals surface area contributed by atoms with Crippen molar-refractivity contribution in [2.45, 2.75) is 0 Å². The molecule has 0 saturated carbocycles. The van der Waals surface area contributed by atoms with Crippen molar-refractivity contribution < 1.29 is 9.47 Å². The van der Waals surface area contributed by atoms with E-state index in [0.29, 0.717) is 11.5 Å². The Kier molecular flexibility index (Phi) is 1.81. The van der Waals surface area contributed by atoms with Gasteiger partial charge in [0.25, 0.3) is 0 Å². The zero-order valence-corrected chi connectivity index (χ0v) is 7.42. The van der Waals surface area contributed by atoms with Crippen LogP contribution in [0.3, 0.4) is 0 Å². The molecule has 0 aliphatic rings. The molecule has 0 spiro atoms. The molecule has 0 unspecified atom stereocenters. The number of methoxy groups -OCH3 is 2. The molecule has 0 aliphatic heterocycles. The zero-order chi connectivity index (χ0) is 9.26. The van der Waals surface area contributed by atoms with E-state index in [1.165, 1.54) is 0 Å². The molecule has 67 valence electrons.